The average molecular weight is 1150 g/mol. The number of fused-ring (bicyclic) bond motifs is 5. The van der Waals surface area contributed by atoms with E-state index in [1.807, 2.05) is 82.6 Å². The van der Waals surface area contributed by atoms with Crippen LogP contribution in [0.5, 0.6) is 11.8 Å². The number of likely N-dealkylation sites (tertiary alicyclic amines) is 1. The molecule has 5 fully saturated rings. The number of hydrogen-bond donors (Lipinski definition) is 4. The minimum atomic E-state index is -0.890. The van der Waals surface area contributed by atoms with Crippen LogP contribution in [0.25, 0.3) is 43.4 Å². The Kier molecular flexibility index (Phi) is 15.6. The Morgan fingerprint density at radius 1 is 1.01 bits per heavy atom. The maximum Gasteiger partial charge on any atom is 0.409 e. The molecule has 4 aromatic heterocycles. The van der Waals surface area contributed by atoms with Gasteiger partial charge >= 0.3 is 12.1 Å². The number of β-amino-alcohol motifs (C(OH)–C–C–N with tert-alkyl or cyclic N) is 1. The highest BCUT2D eigenvalue weighted by Crippen LogP contribution is 2.44. The van der Waals surface area contributed by atoms with Crippen molar-refractivity contribution in [1.29, 1.82) is 0 Å². The third-order valence-corrected chi connectivity index (χ3v) is 18.9. The summed E-state index contributed by atoms with van der Waals surface area (Å²) in [5.74, 6) is -1.49. The number of amides is 3. The number of nitrogens with zero attached hydrogens (tertiary/aromatic N) is 9. The number of benzene rings is 3. The van der Waals surface area contributed by atoms with E-state index in [2.05, 4.69) is 30.6 Å². The summed E-state index contributed by atoms with van der Waals surface area (Å²) in [6.07, 6.45) is 6.48. The number of hydrogen-bond acceptors (Lipinski definition) is 17. The summed E-state index contributed by atoms with van der Waals surface area (Å²) in [5, 5.41) is 34.8. The number of thiazole rings is 1. The van der Waals surface area contributed by atoms with Crippen molar-refractivity contribution in [2.45, 2.75) is 140 Å². The molecule has 9 heterocycles. The normalized spacial score (nSPS) is 23.1. The maximum atomic E-state index is 17.4. The largest absolute Gasteiger partial charge is 0.508 e. The predicted molar refractivity (Wildman–Crippen MR) is 312 cm³/mol. The first-order valence-electron chi connectivity index (χ1n) is 29.2. The van der Waals surface area contributed by atoms with Gasteiger partial charge in [-0.3, -0.25) is 19.5 Å². The lowest BCUT2D eigenvalue weighted by atomic mass is 9.91. The second-order valence-electron chi connectivity index (χ2n) is 23.8. The van der Waals surface area contributed by atoms with Crippen LogP contribution < -0.4 is 20.3 Å². The van der Waals surface area contributed by atoms with Crippen molar-refractivity contribution in [2.75, 3.05) is 51.3 Å². The molecule has 0 saturated carbocycles. The molecular formula is C62H72FN11O8S. The number of aromatic hydroxyl groups is 1. The first-order chi connectivity index (χ1) is 40.0. The minimum absolute atomic E-state index is 0.00159. The van der Waals surface area contributed by atoms with Gasteiger partial charge in [-0.1, -0.05) is 68.4 Å². The number of piperazine rings is 1. The molecule has 83 heavy (non-hydrogen) atoms. The van der Waals surface area contributed by atoms with Crippen molar-refractivity contribution < 1.29 is 43.0 Å². The molecule has 21 heteroatoms. The standard InChI is InChI=1S/C62H72FN11O8S/c1-7-37-10-8-11-40-22-45(75)24-47(52(37)40)54-53(63)55-48(26-64-54)57(72-28-41-16-17-42(29-72)67-41)69-60(68-55)81-32-62-19-9-21-74(62)44(18-20-62)31-80-61(79)71(6)27-43-23-50(82-70-43)51(34(2)3)59(78)73-30-46(76)25-49(73)58(77)66-35(4)38-12-14-39(15-13-38)56-36(5)65-33-83-56/h8,10-15,22-24,26,33-35,41-42,44,46,49,51,67,75-76H,7,9,16-21,25,27-32H2,1-6H3,(H,66,77)/t35-,41?,42?,44+,46+,49-,51+,62+/m0/s1. The van der Waals surface area contributed by atoms with E-state index in [1.165, 1.54) is 9.80 Å². The summed E-state index contributed by atoms with van der Waals surface area (Å²) in [6.45, 7) is 12.4. The molecule has 436 valence electrons. The van der Waals surface area contributed by atoms with Crippen LogP contribution in [0.3, 0.4) is 0 Å². The van der Waals surface area contributed by atoms with Gasteiger partial charge in [0.25, 0.3) is 0 Å². The number of ether oxygens (including phenoxy) is 2. The quantitative estimate of drug-likeness (QED) is 0.0668. The minimum Gasteiger partial charge on any atom is -0.508 e. The lowest BCUT2D eigenvalue weighted by Crippen LogP contribution is -2.51. The SMILES string of the molecule is CCc1cccc2cc(O)cc(-c3ncc4c(N5CC6CCC(C5)N6)nc(OC[C@]56CCCN5[C@@H](COC(=O)N(C)Cc5cc([C@H](C(=O)N7C[C@H](O)C[C@H]7C(=O)N[C@@H](C)c7ccc(-c8scnc8C)cc7)C(C)C)on5)CC6)nc4c3F)c12. The lowest BCUT2D eigenvalue weighted by Gasteiger charge is -2.35. The van der Waals surface area contributed by atoms with Crippen LogP contribution in [0, 0.1) is 18.7 Å². The smallest absolute Gasteiger partial charge is 0.409 e. The molecule has 8 atom stereocenters. The van der Waals surface area contributed by atoms with Crippen molar-refractivity contribution >= 4 is 56.7 Å². The van der Waals surface area contributed by atoms with Gasteiger partial charge in [-0.25, -0.2) is 14.2 Å². The van der Waals surface area contributed by atoms with Gasteiger partial charge in [-0.2, -0.15) is 9.97 Å². The van der Waals surface area contributed by atoms with Crippen LogP contribution in [0.4, 0.5) is 15.0 Å². The van der Waals surface area contributed by atoms with E-state index in [1.54, 1.807) is 42.8 Å². The number of carbonyl (C=O) groups is 3. The van der Waals surface area contributed by atoms with Crippen molar-refractivity contribution in [3.63, 3.8) is 0 Å². The van der Waals surface area contributed by atoms with Crippen LogP contribution in [-0.2, 0) is 27.3 Å². The molecule has 0 spiro atoms. The van der Waals surface area contributed by atoms with Crippen LogP contribution in [0.1, 0.15) is 113 Å². The fraction of sp³-hybridized carbons (Fsp3) is 0.484. The van der Waals surface area contributed by atoms with E-state index >= 15 is 4.39 Å². The molecule has 5 aliphatic rings. The molecule has 12 rings (SSSR count). The van der Waals surface area contributed by atoms with Gasteiger partial charge in [0.2, 0.25) is 11.8 Å². The molecule has 2 unspecified atom stereocenters. The Bertz CT molecular complexity index is 3570. The van der Waals surface area contributed by atoms with Crippen molar-refractivity contribution in [3.8, 4) is 33.5 Å². The van der Waals surface area contributed by atoms with E-state index in [0.29, 0.717) is 47.7 Å². The summed E-state index contributed by atoms with van der Waals surface area (Å²) in [6, 6.07) is 18.1. The van der Waals surface area contributed by atoms with Crippen LogP contribution in [0.15, 0.2) is 76.9 Å². The molecule has 0 radical (unpaired) electrons. The molecule has 5 aliphatic heterocycles. The Hall–Kier alpha value is -7.33. The van der Waals surface area contributed by atoms with Crippen LogP contribution >= 0.6 is 11.3 Å². The second kappa shape index (κ2) is 23.0. The fourth-order valence-corrected chi connectivity index (χ4v) is 14.5. The number of anilines is 1. The first-order valence-corrected chi connectivity index (χ1v) is 30.1. The molecule has 5 saturated heterocycles. The zero-order valence-electron chi connectivity index (χ0n) is 47.8. The van der Waals surface area contributed by atoms with Gasteiger partial charge in [-0.15, -0.1) is 11.3 Å². The van der Waals surface area contributed by atoms with Gasteiger partial charge in [0.15, 0.2) is 5.82 Å². The molecule has 3 amide bonds. The van der Waals surface area contributed by atoms with Gasteiger partial charge < -0.3 is 49.5 Å². The fourth-order valence-electron chi connectivity index (χ4n) is 13.7. The zero-order valence-corrected chi connectivity index (χ0v) is 48.6. The van der Waals surface area contributed by atoms with Crippen molar-refractivity contribution in [3.05, 3.63) is 106 Å². The molecular weight excluding hydrogens is 1080 g/mol. The lowest BCUT2D eigenvalue weighted by molar-refractivity contribution is -0.141. The summed E-state index contributed by atoms with van der Waals surface area (Å²) >= 11 is 1.57. The van der Waals surface area contributed by atoms with Gasteiger partial charge in [0, 0.05) is 69.1 Å². The van der Waals surface area contributed by atoms with E-state index in [9.17, 15) is 24.6 Å². The number of carbonyl (C=O) groups excluding carboxylic acids is 3. The highest BCUT2D eigenvalue weighted by Gasteiger charge is 2.51. The highest BCUT2D eigenvalue weighted by molar-refractivity contribution is 7.13. The highest BCUT2D eigenvalue weighted by atomic mass is 32.1. The van der Waals surface area contributed by atoms with Crippen molar-refractivity contribution in [1.82, 2.24) is 50.4 Å². The van der Waals surface area contributed by atoms with Gasteiger partial charge in [0.1, 0.15) is 59.4 Å². The van der Waals surface area contributed by atoms with Gasteiger partial charge in [0.05, 0.1) is 45.7 Å². The summed E-state index contributed by atoms with van der Waals surface area (Å²) in [5.41, 5.74) is 6.48. The maximum absolute atomic E-state index is 17.4. The van der Waals surface area contributed by atoms with Gasteiger partial charge in [-0.05, 0) is 111 Å². The first kappa shape index (κ1) is 56.2. The topological polar surface area (TPSA) is 225 Å². The summed E-state index contributed by atoms with van der Waals surface area (Å²) in [4.78, 5) is 69.4. The molecule has 2 bridgehead atoms. The zero-order chi connectivity index (χ0) is 57.8. The third-order valence-electron chi connectivity index (χ3n) is 17.9. The Morgan fingerprint density at radius 3 is 2.55 bits per heavy atom. The third kappa shape index (κ3) is 11.0. The number of pyridine rings is 1. The monoisotopic (exact) mass is 1150 g/mol. The summed E-state index contributed by atoms with van der Waals surface area (Å²) in [7, 11) is 1.62. The average Bonchev–Trinajstić information content (AvgIpc) is 3.35. The van der Waals surface area contributed by atoms with Crippen LogP contribution in [-0.4, -0.2) is 150 Å². The molecule has 3 aromatic carbocycles. The molecule has 4 N–H and O–H groups in total. The van der Waals surface area contributed by atoms with E-state index in [0.717, 1.165) is 83.1 Å². The predicted octanol–water partition coefficient (Wildman–Crippen LogP) is 8.84. The Morgan fingerprint density at radius 2 is 1.81 bits per heavy atom. The second-order valence-corrected chi connectivity index (χ2v) is 24.7. The number of aliphatic hydroxyl groups excluding tert-OH is 1. The molecule has 0 aliphatic carbocycles. The number of aromatic nitrogens is 5. The van der Waals surface area contributed by atoms with E-state index < -0.39 is 30.0 Å². The Balaban J connectivity index is 0.691. The van der Waals surface area contributed by atoms with E-state index in [4.69, 9.17) is 28.9 Å². The number of aryl methyl sites for hydroxylation is 2. The number of halogens is 1. The number of phenolic OH excluding ortho intramolecular Hbond substituents is 1. The van der Waals surface area contributed by atoms with Crippen LogP contribution in [0.2, 0.25) is 0 Å². The number of nitrogens with one attached hydrogen (secondary N) is 2. The molecule has 7 aromatic rings. The summed E-state index contributed by atoms with van der Waals surface area (Å²) < 4.78 is 35.8. The number of rotatable bonds is 17. The van der Waals surface area contributed by atoms with E-state index in [-0.39, 0.29) is 103 Å². The number of aliphatic hydroxyl groups is 1. The van der Waals surface area contributed by atoms with Crippen molar-refractivity contribution in [2.24, 2.45) is 5.92 Å². The Labute approximate surface area is 485 Å². The number of phenols is 1. The molecule has 19 nitrogen and oxygen atoms in total.